The van der Waals surface area contributed by atoms with Crippen molar-refractivity contribution in [3.8, 4) is 0 Å². The quantitative estimate of drug-likeness (QED) is 0.443. The first kappa shape index (κ1) is 24.0. The zero-order valence-electron chi connectivity index (χ0n) is 19.9. The van der Waals surface area contributed by atoms with Gasteiger partial charge in [0.25, 0.3) is 0 Å². The maximum absolute atomic E-state index is 13.7. The van der Waals surface area contributed by atoms with Gasteiger partial charge in [0.1, 0.15) is 0 Å². The number of rotatable bonds is 2. The molecular formula is C27H34NOSiTi+. The van der Waals surface area contributed by atoms with Crippen LogP contribution in [0.2, 0.25) is 16.0 Å². The molecule has 31 heavy (non-hydrogen) atoms. The van der Waals surface area contributed by atoms with Crippen molar-refractivity contribution in [3.05, 3.63) is 89.5 Å². The van der Waals surface area contributed by atoms with Crippen LogP contribution in [0.1, 0.15) is 43.0 Å². The van der Waals surface area contributed by atoms with E-state index in [0.717, 1.165) is 16.7 Å². The number of nitrogens with zero attached hydrogens (tertiary/aromatic N) is 1. The summed E-state index contributed by atoms with van der Waals surface area (Å²) in [4.78, 5) is 0. The molecule has 0 N–H and O–H groups in total. The Morgan fingerprint density at radius 1 is 0.839 bits per heavy atom. The van der Waals surface area contributed by atoms with Gasteiger partial charge in [0.15, 0.2) is 0 Å². The molecule has 0 saturated carbocycles. The van der Waals surface area contributed by atoms with Crippen molar-refractivity contribution in [2.45, 2.75) is 42.3 Å². The summed E-state index contributed by atoms with van der Waals surface area (Å²) in [6.45, 7) is 10.9. The molecule has 0 atom stereocenters. The van der Waals surface area contributed by atoms with Gasteiger partial charge < -0.3 is 8.61 Å². The van der Waals surface area contributed by atoms with Gasteiger partial charge >= 0.3 is 38.5 Å². The standard InChI is InChI=1S/C25H28NOSi.2CH3.Ti/c1-17-19-11-7-9-13-21(19)23-15-18(28(27)26(5,6)25(2,3)4)16-24(23)22-14-10-8-12-20(17)22;;;/h7-16,18H,1H2,2-6H3;2*1H3;/q+1;;;. The first-order chi connectivity index (χ1) is 14.5. The molecular weight excluding hydrogens is 430 g/mol. The molecule has 2 aliphatic carbocycles. The van der Waals surface area contributed by atoms with E-state index in [-0.39, 0.29) is 11.1 Å². The molecule has 0 aliphatic heterocycles. The molecule has 0 fully saturated rings. The molecule has 0 saturated heterocycles. The first-order valence-corrected chi connectivity index (χ1v) is 15.4. The molecule has 4 rings (SSSR count). The van der Waals surface area contributed by atoms with E-state index in [1.165, 1.54) is 22.3 Å². The first-order valence-electron chi connectivity index (χ1n) is 10.8. The topological polar surface area (TPSA) is 17.1 Å². The van der Waals surface area contributed by atoms with Crippen LogP contribution in [0.4, 0.5) is 0 Å². The van der Waals surface area contributed by atoms with Crippen molar-refractivity contribution in [2.24, 2.45) is 0 Å². The van der Waals surface area contributed by atoms with E-state index in [1.54, 1.807) is 0 Å². The van der Waals surface area contributed by atoms with E-state index in [0.29, 0.717) is 23.3 Å². The number of hydrogen-bond donors (Lipinski definition) is 0. The van der Waals surface area contributed by atoms with Gasteiger partial charge in [0.2, 0.25) is 0 Å². The molecule has 0 amide bonds. The average Bonchev–Trinajstić information content (AvgIpc) is 3.14. The molecule has 0 aromatic heterocycles. The van der Waals surface area contributed by atoms with Crippen LogP contribution >= 0.6 is 0 Å². The van der Waals surface area contributed by atoms with Gasteiger partial charge in [0.05, 0.1) is 25.2 Å². The predicted molar refractivity (Wildman–Crippen MR) is 131 cm³/mol. The molecule has 2 nitrogen and oxygen atoms in total. The molecule has 4 heteroatoms. The normalized spacial score (nSPS) is 15.4. The average molecular weight is 465 g/mol. The molecule has 2 aliphatic rings. The second-order valence-corrected chi connectivity index (χ2v) is 13.7. The van der Waals surface area contributed by atoms with Crippen LogP contribution in [-0.4, -0.2) is 32.6 Å². The summed E-state index contributed by atoms with van der Waals surface area (Å²) in [6, 6.07) is 16.9. The Balaban J connectivity index is 0.000000858. The Labute approximate surface area is 198 Å². The van der Waals surface area contributed by atoms with E-state index < -0.39 is 8.84 Å². The van der Waals surface area contributed by atoms with Gasteiger partial charge in [-0.1, -0.05) is 67.3 Å². The third-order valence-corrected chi connectivity index (χ3v) is 9.26. The van der Waals surface area contributed by atoms with Crippen molar-refractivity contribution < 1.29 is 27.8 Å². The third kappa shape index (κ3) is 4.34. The monoisotopic (exact) mass is 464 g/mol. The zero-order valence-corrected chi connectivity index (χ0v) is 22.5. The zero-order chi connectivity index (χ0) is 23.0. The molecule has 0 heterocycles. The maximum atomic E-state index is 13.7. The molecule has 0 bridgehead atoms. The Hall–Kier alpha value is -1.65. The minimum absolute atomic E-state index is 0.0447. The molecule has 0 radical (unpaired) electrons. The van der Waals surface area contributed by atoms with Crippen LogP contribution in [0.25, 0.3) is 16.7 Å². The number of quaternary nitrogens is 1. The second-order valence-electron chi connectivity index (χ2n) is 9.72. The van der Waals surface area contributed by atoms with Gasteiger partial charge in [0, 0.05) is 0 Å². The van der Waals surface area contributed by atoms with Crippen molar-refractivity contribution >= 4 is 25.6 Å². The SMILES string of the molecule is C=C1c2ccccc2C2=CC([Si](=O)[N+](C)(C)C(C)(C)C)C=C2c2ccccc21.[CH3][Ti][CH3]. The van der Waals surface area contributed by atoms with Crippen LogP contribution in [0.5, 0.6) is 0 Å². The molecule has 2 aromatic carbocycles. The fourth-order valence-electron chi connectivity index (χ4n) is 4.01. The van der Waals surface area contributed by atoms with E-state index in [2.05, 4.69) is 113 Å². The summed E-state index contributed by atoms with van der Waals surface area (Å²) in [5.41, 5.74) is 8.01. The fraction of sp³-hybridized carbons (Fsp3) is 0.333. The second kappa shape index (κ2) is 9.07. The molecule has 2 aromatic rings. The van der Waals surface area contributed by atoms with Crippen molar-refractivity contribution in [1.29, 1.82) is 0 Å². The van der Waals surface area contributed by atoms with Crippen molar-refractivity contribution in [1.82, 2.24) is 0 Å². The number of fused-ring (bicyclic) bond motifs is 5. The van der Waals surface area contributed by atoms with Gasteiger partial charge in [-0.2, -0.15) is 0 Å². The van der Waals surface area contributed by atoms with Crippen LogP contribution < -0.4 is 0 Å². The summed E-state index contributed by atoms with van der Waals surface area (Å²) in [6.07, 6.45) is 4.47. The van der Waals surface area contributed by atoms with Crippen LogP contribution in [0, 0.1) is 0 Å². The van der Waals surface area contributed by atoms with E-state index in [1.807, 2.05) is 0 Å². The number of allylic oxidation sites excluding steroid dienone is 4. The molecule has 0 unspecified atom stereocenters. The Morgan fingerprint density at radius 2 is 1.19 bits per heavy atom. The fourth-order valence-corrected chi connectivity index (χ4v) is 6.03. The van der Waals surface area contributed by atoms with Crippen molar-refractivity contribution in [3.63, 3.8) is 0 Å². The predicted octanol–water partition coefficient (Wildman–Crippen LogP) is 6.87. The number of hydrogen-bond acceptors (Lipinski definition) is 1. The van der Waals surface area contributed by atoms with Crippen molar-refractivity contribution in [2.75, 3.05) is 14.1 Å². The summed E-state index contributed by atoms with van der Waals surface area (Å²) < 4.78 is 14.2. The van der Waals surface area contributed by atoms with Gasteiger partial charge in [-0.05, 0) is 59.7 Å². The van der Waals surface area contributed by atoms with Crippen LogP contribution in [0.3, 0.4) is 0 Å². The summed E-state index contributed by atoms with van der Waals surface area (Å²) in [5.74, 6) is 0. The molecule has 160 valence electrons. The van der Waals surface area contributed by atoms with E-state index >= 15 is 0 Å². The number of benzene rings is 2. The molecule has 0 spiro atoms. The Kier molecular flexibility index (Phi) is 7.02. The van der Waals surface area contributed by atoms with Gasteiger partial charge in [-0.25, -0.2) is 0 Å². The minimum atomic E-state index is -1.97. The van der Waals surface area contributed by atoms with Gasteiger partial charge in [-0.3, -0.25) is 0 Å². The van der Waals surface area contributed by atoms with Crippen LogP contribution in [-0.2, 0) is 23.6 Å². The van der Waals surface area contributed by atoms with Gasteiger partial charge in [-0.15, -0.1) is 0 Å². The Bertz CT molecular complexity index is 1020. The van der Waals surface area contributed by atoms with E-state index in [9.17, 15) is 4.46 Å². The Morgan fingerprint density at radius 3 is 1.55 bits per heavy atom. The summed E-state index contributed by atoms with van der Waals surface area (Å²) in [7, 11) is 2.21. The van der Waals surface area contributed by atoms with E-state index in [4.69, 9.17) is 0 Å². The summed E-state index contributed by atoms with van der Waals surface area (Å²) >= 11 is 0.500. The third-order valence-electron chi connectivity index (χ3n) is 6.58. The van der Waals surface area contributed by atoms with Crippen LogP contribution in [0.15, 0.2) is 67.3 Å². The summed E-state index contributed by atoms with van der Waals surface area (Å²) in [5, 5.41) is 4.50.